The Morgan fingerprint density at radius 2 is 2.11 bits per heavy atom. The lowest BCUT2D eigenvalue weighted by atomic mass is 10.0. The van der Waals surface area contributed by atoms with E-state index in [1.807, 2.05) is 24.4 Å². The molecule has 2 aromatic heterocycles. The van der Waals surface area contributed by atoms with Gasteiger partial charge in [-0.15, -0.1) is 0 Å². The lowest BCUT2D eigenvalue weighted by molar-refractivity contribution is 0.694. The van der Waals surface area contributed by atoms with E-state index < -0.39 is 0 Å². The molecule has 0 aliphatic heterocycles. The molecule has 0 radical (unpaired) electrons. The first-order chi connectivity index (χ1) is 8.83. The highest BCUT2D eigenvalue weighted by atomic mass is 32.1. The number of nitrogens with one attached hydrogen (secondary N) is 1. The average molecular weight is 257 g/mol. The van der Waals surface area contributed by atoms with Crippen molar-refractivity contribution in [3.63, 3.8) is 0 Å². The van der Waals surface area contributed by atoms with Gasteiger partial charge in [0.25, 0.3) is 0 Å². The molecule has 1 aliphatic rings. The number of pyridine rings is 1. The first-order valence-electron chi connectivity index (χ1n) is 6.34. The molecule has 0 saturated heterocycles. The third-order valence-electron chi connectivity index (χ3n) is 3.49. The summed E-state index contributed by atoms with van der Waals surface area (Å²) in [5.74, 6) is 1.45. The molecule has 0 spiro atoms. The highest BCUT2D eigenvalue weighted by Gasteiger charge is 2.18. The predicted octanol–water partition coefficient (Wildman–Crippen LogP) is 3.86. The van der Waals surface area contributed by atoms with Gasteiger partial charge in [0.15, 0.2) is 0 Å². The van der Waals surface area contributed by atoms with E-state index in [9.17, 15) is 0 Å². The maximum Gasteiger partial charge on any atom is 0.140 e. The molecule has 0 aromatic carbocycles. The summed E-state index contributed by atoms with van der Waals surface area (Å²) in [4.78, 5) is 11.9. The van der Waals surface area contributed by atoms with Crippen LogP contribution < -0.4 is 0 Å². The summed E-state index contributed by atoms with van der Waals surface area (Å²) in [5, 5.41) is 0. The van der Waals surface area contributed by atoms with Crippen LogP contribution >= 0.6 is 12.2 Å². The van der Waals surface area contributed by atoms with Gasteiger partial charge in [-0.3, -0.25) is 4.98 Å². The number of H-pyrrole nitrogens is 1. The summed E-state index contributed by atoms with van der Waals surface area (Å²) in [7, 11) is 0. The lowest BCUT2D eigenvalue weighted by Gasteiger charge is -2.11. The van der Waals surface area contributed by atoms with Crippen LogP contribution in [0, 0.1) is 4.64 Å². The summed E-state index contributed by atoms with van der Waals surface area (Å²) < 4.78 is 0.662. The smallest absolute Gasteiger partial charge is 0.140 e. The zero-order valence-electron chi connectivity index (χ0n) is 10.1. The van der Waals surface area contributed by atoms with Crippen molar-refractivity contribution in [2.24, 2.45) is 0 Å². The molecular weight excluding hydrogens is 242 g/mol. The van der Waals surface area contributed by atoms with Crippen LogP contribution in [0.3, 0.4) is 0 Å². The fourth-order valence-corrected chi connectivity index (χ4v) is 2.79. The van der Waals surface area contributed by atoms with Gasteiger partial charge in [0.2, 0.25) is 0 Å². The first-order valence-corrected chi connectivity index (χ1v) is 6.75. The molecule has 2 heterocycles. The van der Waals surface area contributed by atoms with E-state index in [2.05, 4.69) is 15.0 Å². The monoisotopic (exact) mass is 257 g/mol. The Hall–Kier alpha value is -1.55. The lowest BCUT2D eigenvalue weighted by Crippen LogP contribution is -2.00. The van der Waals surface area contributed by atoms with Crippen LogP contribution in [0.1, 0.15) is 37.3 Å². The fourth-order valence-electron chi connectivity index (χ4n) is 2.57. The van der Waals surface area contributed by atoms with Crippen LogP contribution in [-0.4, -0.2) is 15.0 Å². The first kappa shape index (κ1) is 11.5. The maximum atomic E-state index is 5.27. The molecular formula is C14H15N3S. The van der Waals surface area contributed by atoms with Crippen molar-refractivity contribution in [1.82, 2.24) is 15.0 Å². The molecule has 0 unspecified atom stereocenters. The minimum absolute atomic E-state index is 0.616. The zero-order chi connectivity index (χ0) is 12.4. The number of hydrogen-bond donors (Lipinski definition) is 1. The van der Waals surface area contributed by atoms with Gasteiger partial charge in [-0.25, -0.2) is 4.98 Å². The van der Waals surface area contributed by atoms with Gasteiger partial charge < -0.3 is 4.98 Å². The number of hydrogen-bond acceptors (Lipinski definition) is 3. The summed E-state index contributed by atoms with van der Waals surface area (Å²) in [6.07, 6.45) is 8.71. The largest absolute Gasteiger partial charge is 0.343 e. The molecule has 3 rings (SSSR count). The van der Waals surface area contributed by atoms with Crippen molar-refractivity contribution in [3.8, 4) is 11.4 Å². The number of aromatic amines is 1. The van der Waals surface area contributed by atoms with E-state index in [0.29, 0.717) is 10.6 Å². The molecule has 2 aromatic rings. The summed E-state index contributed by atoms with van der Waals surface area (Å²) >= 11 is 5.27. The van der Waals surface area contributed by atoms with Crippen molar-refractivity contribution in [2.45, 2.75) is 31.6 Å². The Bertz CT molecular complexity index is 585. The topological polar surface area (TPSA) is 41.6 Å². The second-order valence-electron chi connectivity index (χ2n) is 4.75. The Balaban J connectivity index is 2.03. The van der Waals surface area contributed by atoms with Gasteiger partial charge in [0.1, 0.15) is 10.5 Å². The number of aromatic nitrogens is 3. The van der Waals surface area contributed by atoms with Crippen molar-refractivity contribution >= 4 is 12.2 Å². The van der Waals surface area contributed by atoms with Crippen molar-refractivity contribution in [3.05, 3.63) is 40.9 Å². The van der Waals surface area contributed by atoms with Gasteiger partial charge in [0, 0.05) is 23.7 Å². The Morgan fingerprint density at radius 3 is 2.83 bits per heavy atom. The van der Waals surface area contributed by atoms with Gasteiger partial charge >= 0.3 is 0 Å². The quantitative estimate of drug-likeness (QED) is 0.831. The van der Waals surface area contributed by atoms with E-state index >= 15 is 0 Å². The van der Waals surface area contributed by atoms with Crippen LogP contribution in [0.2, 0.25) is 0 Å². The molecule has 0 amide bonds. The Morgan fingerprint density at radius 1 is 1.28 bits per heavy atom. The normalized spacial score (nSPS) is 16.0. The summed E-state index contributed by atoms with van der Waals surface area (Å²) in [6.45, 7) is 0. The van der Waals surface area contributed by atoms with E-state index in [1.165, 1.54) is 31.4 Å². The summed E-state index contributed by atoms with van der Waals surface area (Å²) in [6, 6.07) is 5.92. The molecule has 1 fully saturated rings. The van der Waals surface area contributed by atoms with E-state index in [4.69, 9.17) is 12.2 Å². The van der Waals surface area contributed by atoms with E-state index in [-0.39, 0.29) is 0 Å². The molecule has 1 N–H and O–H groups in total. The zero-order valence-corrected chi connectivity index (χ0v) is 10.9. The molecule has 18 heavy (non-hydrogen) atoms. The molecule has 3 nitrogen and oxygen atoms in total. The minimum Gasteiger partial charge on any atom is -0.343 e. The van der Waals surface area contributed by atoms with Gasteiger partial charge in [-0.2, -0.15) is 0 Å². The molecule has 4 heteroatoms. The number of rotatable bonds is 2. The maximum absolute atomic E-state index is 5.27. The standard InChI is InChI=1S/C14H15N3S/c18-13-8-12(10-4-1-2-5-10)16-14(17-13)11-6-3-7-15-9-11/h3,6-10H,1-2,4-5H2,(H,16,17,18). The molecule has 0 bridgehead atoms. The fraction of sp³-hybridized carbons (Fsp3) is 0.357. The van der Waals surface area contributed by atoms with E-state index in [1.54, 1.807) is 6.20 Å². The van der Waals surface area contributed by atoms with Crippen LogP contribution in [0.4, 0.5) is 0 Å². The van der Waals surface area contributed by atoms with Crippen LogP contribution in [0.5, 0.6) is 0 Å². The third-order valence-corrected chi connectivity index (χ3v) is 3.70. The Kier molecular flexibility index (Phi) is 3.19. The highest BCUT2D eigenvalue weighted by molar-refractivity contribution is 7.71. The van der Waals surface area contributed by atoms with Gasteiger partial charge in [-0.05, 0) is 37.0 Å². The molecule has 0 atom stereocenters. The van der Waals surface area contributed by atoms with Gasteiger partial charge in [-0.1, -0.05) is 25.1 Å². The van der Waals surface area contributed by atoms with E-state index in [0.717, 1.165) is 11.4 Å². The van der Waals surface area contributed by atoms with Crippen LogP contribution in [0.15, 0.2) is 30.6 Å². The van der Waals surface area contributed by atoms with Crippen LogP contribution in [0.25, 0.3) is 11.4 Å². The van der Waals surface area contributed by atoms with Crippen LogP contribution in [-0.2, 0) is 0 Å². The predicted molar refractivity (Wildman–Crippen MR) is 73.9 cm³/mol. The molecule has 1 saturated carbocycles. The second-order valence-corrected chi connectivity index (χ2v) is 5.16. The molecule has 92 valence electrons. The Labute approximate surface area is 111 Å². The second kappa shape index (κ2) is 4.98. The minimum atomic E-state index is 0.616. The highest BCUT2D eigenvalue weighted by Crippen LogP contribution is 2.33. The third kappa shape index (κ3) is 2.34. The van der Waals surface area contributed by atoms with Gasteiger partial charge in [0.05, 0.1) is 0 Å². The summed E-state index contributed by atoms with van der Waals surface area (Å²) in [5.41, 5.74) is 2.22. The number of nitrogens with zero attached hydrogens (tertiary/aromatic N) is 2. The average Bonchev–Trinajstić information content (AvgIpc) is 2.93. The van der Waals surface area contributed by atoms with Crippen molar-refractivity contribution in [1.29, 1.82) is 0 Å². The van der Waals surface area contributed by atoms with Crippen molar-refractivity contribution < 1.29 is 0 Å². The van der Waals surface area contributed by atoms with Crippen molar-refractivity contribution in [2.75, 3.05) is 0 Å². The molecule has 1 aliphatic carbocycles. The SMILES string of the molecule is S=c1cc(C2CCCC2)[nH]c(-c2cccnc2)n1.